The number of pyridine rings is 1. The maximum atomic E-state index is 13.3. The molecule has 0 unspecified atom stereocenters. The smallest absolute Gasteiger partial charge is 0.271 e. The first-order valence-corrected chi connectivity index (χ1v) is 7.87. The van der Waals surface area contributed by atoms with Crippen molar-refractivity contribution in [3.05, 3.63) is 39.7 Å². The Kier molecular flexibility index (Phi) is 3.69. The van der Waals surface area contributed by atoms with Crippen molar-refractivity contribution in [1.29, 1.82) is 0 Å². The molecule has 2 heterocycles. The molecular formula is C10H8BrFN2O2S2. The third kappa shape index (κ3) is 2.70. The highest BCUT2D eigenvalue weighted by atomic mass is 79.9. The Morgan fingerprint density at radius 2 is 2.22 bits per heavy atom. The van der Waals surface area contributed by atoms with Gasteiger partial charge in [0.2, 0.25) is 0 Å². The monoisotopic (exact) mass is 350 g/mol. The Labute approximate surface area is 116 Å². The zero-order valence-electron chi connectivity index (χ0n) is 9.15. The van der Waals surface area contributed by atoms with Gasteiger partial charge in [-0.3, -0.25) is 9.71 Å². The molecule has 0 aliphatic rings. The number of anilines is 1. The first kappa shape index (κ1) is 13.4. The molecule has 0 aromatic carbocycles. The molecule has 0 atom stereocenters. The van der Waals surface area contributed by atoms with Crippen LogP contribution in [0.4, 0.5) is 10.1 Å². The zero-order chi connectivity index (χ0) is 13.3. The van der Waals surface area contributed by atoms with Crippen LogP contribution in [-0.2, 0) is 10.0 Å². The fourth-order valence-electron chi connectivity index (χ4n) is 1.22. The minimum atomic E-state index is -3.77. The van der Waals surface area contributed by atoms with E-state index in [1.54, 1.807) is 6.92 Å². The number of thiophene rings is 1. The second-order valence-electron chi connectivity index (χ2n) is 3.48. The number of nitrogens with one attached hydrogen (secondary N) is 1. The number of aromatic nitrogens is 1. The molecule has 4 nitrogen and oxygen atoms in total. The van der Waals surface area contributed by atoms with Crippen LogP contribution in [0, 0.1) is 12.7 Å². The summed E-state index contributed by atoms with van der Waals surface area (Å²) < 4.78 is 40.4. The van der Waals surface area contributed by atoms with Crippen LogP contribution >= 0.6 is 27.3 Å². The van der Waals surface area contributed by atoms with Gasteiger partial charge in [0.1, 0.15) is 4.21 Å². The highest BCUT2D eigenvalue weighted by Gasteiger charge is 2.19. The van der Waals surface area contributed by atoms with Crippen LogP contribution in [0.25, 0.3) is 0 Å². The van der Waals surface area contributed by atoms with E-state index in [-0.39, 0.29) is 9.90 Å². The van der Waals surface area contributed by atoms with Crippen LogP contribution in [-0.4, -0.2) is 13.4 Å². The molecule has 2 rings (SSSR count). The quantitative estimate of drug-likeness (QED) is 0.924. The van der Waals surface area contributed by atoms with Gasteiger partial charge in [-0.2, -0.15) is 0 Å². The van der Waals surface area contributed by atoms with Crippen LogP contribution in [0.5, 0.6) is 0 Å². The molecule has 0 fully saturated rings. The van der Waals surface area contributed by atoms with Crippen molar-refractivity contribution in [3.63, 3.8) is 0 Å². The second kappa shape index (κ2) is 4.94. The van der Waals surface area contributed by atoms with Gasteiger partial charge in [-0.15, -0.1) is 11.3 Å². The van der Waals surface area contributed by atoms with Gasteiger partial charge in [0.15, 0.2) is 5.82 Å². The third-order valence-corrected chi connectivity index (χ3v) is 6.09. The average molecular weight is 351 g/mol. The molecular weight excluding hydrogens is 343 g/mol. The number of halogens is 2. The molecule has 0 spiro atoms. The average Bonchev–Trinajstić information content (AvgIpc) is 2.63. The first-order valence-electron chi connectivity index (χ1n) is 4.78. The standard InChI is InChI=1S/C10H8BrFN2O2S2/c1-6-4-9(17-10(6)11)18(15,16)14-8-2-3-13-5-7(8)12/h2-5H,1H3,(H,13,14). The summed E-state index contributed by atoms with van der Waals surface area (Å²) in [6.45, 7) is 1.78. The van der Waals surface area contributed by atoms with Crippen LogP contribution in [0.2, 0.25) is 0 Å². The molecule has 0 saturated carbocycles. The third-order valence-electron chi connectivity index (χ3n) is 2.12. The van der Waals surface area contributed by atoms with Crippen molar-refractivity contribution in [3.8, 4) is 0 Å². The molecule has 0 aliphatic heterocycles. The highest BCUT2D eigenvalue weighted by molar-refractivity contribution is 9.11. The Morgan fingerprint density at radius 3 is 2.78 bits per heavy atom. The van der Waals surface area contributed by atoms with Gasteiger partial charge in [0.05, 0.1) is 15.7 Å². The second-order valence-corrected chi connectivity index (χ2v) is 7.76. The van der Waals surface area contributed by atoms with E-state index in [1.165, 1.54) is 18.3 Å². The predicted octanol–water partition coefficient (Wildman–Crippen LogP) is 3.15. The van der Waals surface area contributed by atoms with E-state index in [9.17, 15) is 12.8 Å². The number of hydrogen-bond acceptors (Lipinski definition) is 4. The molecule has 0 bridgehead atoms. The molecule has 2 aromatic heterocycles. The normalized spacial score (nSPS) is 11.5. The van der Waals surface area contributed by atoms with Gasteiger partial charge in [0.25, 0.3) is 10.0 Å². The maximum Gasteiger partial charge on any atom is 0.271 e. The van der Waals surface area contributed by atoms with Gasteiger partial charge in [-0.25, -0.2) is 12.8 Å². The van der Waals surface area contributed by atoms with Crippen molar-refractivity contribution in [2.24, 2.45) is 0 Å². The number of aryl methyl sites for hydroxylation is 1. The molecule has 0 amide bonds. The Bertz CT molecular complexity index is 665. The molecule has 2 aromatic rings. The lowest BCUT2D eigenvalue weighted by molar-refractivity contribution is 0.599. The van der Waals surface area contributed by atoms with Crippen LogP contribution in [0.1, 0.15) is 5.56 Å². The van der Waals surface area contributed by atoms with E-state index in [0.29, 0.717) is 0 Å². The first-order chi connectivity index (χ1) is 8.40. The molecule has 0 aliphatic carbocycles. The maximum absolute atomic E-state index is 13.3. The van der Waals surface area contributed by atoms with Crippen molar-refractivity contribution in [1.82, 2.24) is 4.98 Å². The van der Waals surface area contributed by atoms with Gasteiger partial charge >= 0.3 is 0 Å². The van der Waals surface area contributed by atoms with Crippen LogP contribution in [0.3, 0.4) is 0 Å². The Hall–Kier alpha value is -0.990. The largest absolute Gasteiger partial charge is 0.276 e. The molecule has 96 valence electrons. The van der Waals surface area contributed by atoms with Crippen molar-refractivity contribution >= 4 is 43.0 Å². The summed E-state index contributed by atoms with van der Waals surface area (Å²) in [5.74, 6) is -0.714. The lowest BCUT2D eigenvalue weighted by Gasteiger charge is -2.06. The van der Waals surface area contributed by atoms with Crippen molar-refractivity contribution in [2.75, 3.05) is 4.72 Å². The van der Waals surface area contributed by atoms with Gasteiger partial charge in [-0.05, 0) is 40.5 Å². The van der Waals surface area contributed by atoms with Crippen LogP contribution in [0.15, 0.2) is 32.5 Å². The summed E-state index contributed by atoms with van der Waals surface area (Å²) in [5, 5.41) is 0. The molecule has 0 radical (unpaired) electrons. The molecule has 18 heavy (non-hydrogen) atoms. The fourth-order valence-corrected chi connectivity index (χ4v) is 4.51. The van der Waals surface area contributed by atoms with E-state index in [1.807, 2.05) is 0 Å². The van der Waals surface area contributed by atoms with E-state index in [2.05, 4.69) is 25.6 Å². The fraction of sp³-hybridized carbons (Fsp3) is 0.100. The minimum absolute atomic E-state index is 0.118. The van der Waals surface area contributed by atoms with Crippen molar-refractivity contribution < 1.29 is 12.8 Å². The summed E-state index contributed by atoms with van der Waals surface area (Å²) in [7, 11) is -3.77. The lowest BCUT2D eigenvalue weighted by Crippen LogP contribution is -2.12. The van der Waals surface area contributed by atoms with Crippen molar-refractivity contribution in [2.45, 2.75) is 11.1 Å². The highest BCUT2D eigenvalue weighted by Crippen LogP contribution is 2.31. The summed E-state index contributed by atoms with van der Waals surface area (Å²) in [4.78, 5) is 3.55. The summed E-state index contributed by atoms with van der Waals surface area (Å²) in [5.41, 5.74) is 0.697. The molecule has 1 N–H and O–H groups in total. The van der Waals surface area contributed by atoms with Gasteiger partial charge in [0, 0.05) is 6.20 Å². The predicted molar refractivity (Wildman–Crippen MR) is 71.8 cm³/mol. The van der Waals surface area contributed by atoms with Gasteiger partial charge in [-0.1, -0.05) is 0 Å². The summed E-state index contributed by atoms with van der Waals surface area (Å²) in [6, 6.07) is 2.79. The lowest BCUT2D eigenvalue weighted by atomic mass is 10.4. The summed E-state index contributed by atoms with van der Waals surface area (Å²) in [6.07, 6.45) is 2.27. The van der Waals surface area contributed by atoms with E-state index < -0.39 is 15.8 Å². The van der Waals surface area contributed by atoms with E-state index in [4.69, 9.17) is 0 Å². The number of hydrogen-bond donors (Lipinski definition) is 1. The summed E-state index contributed by atoms with van der Waals surface area (Å²) >= 11 is 4.33. The topological polar surface area (TPSA) is 59.1 Å². The van der Waals surface area contributed by atoms with Crippen LogP contribution < -0.4 is 4.72 Å². The molecule has 8 heteroatoms. The molecule has 0 saturated heterocycles. The Balaban J connectivity index is 2.36. The zero-order valence-corrected chi connectivity index (χ0v) is 12.4. The number of sulfonamides is 1. The SMILES string of the molecule is Cc1cc(S(=O)(=O)Nc2ccncc2F)sc1Br. The van der Waals surface area contributed by atoms with E-state index in [0.717, 1.165) is 26.9 Å². The van der Waals surface area contributed by atoms with Gasteiger partial charge < -0.3 is 0 Å². The minimum Gasteiger partial charge on any atom is -0.276 e. The number of nitrogens with zero attached hydrogens (tertiary/aromatic N) is 1. The Morgan fingerprint density at radius 1 is 1.50 bits per heavy atom. The van der Waals surface area contributed by atoms with E-state index >= 15 is 0 Å². The number of rotatable bonds is 3.